The Bertz CT molecular complexity index is 1340. The van der Waals surface area contributed by atoms with E-state index in [0.717, 1.165) is 39.2 Å². The highest BCUT2D eigenvalue weighted by Crippen LogP contribution is 2.29. The number of aromatic nitrogens is 4. The maximum Gasteiger partial charge on any atom is 0.254 e. The van der Waals surface area contributed by atoms with Crippen molar-refractivity contribution in [3.63, 3.8) is 0 Å². The summed E-state index contributed by atoms with van der Waals surface area (Å²) >= 11 is 1.61. The number of nitrogens with zero attached hydrogens (tertiary/aromatic N) is 4. The minimum absolute atomic E-state index is 0.599. The van der Waals surface area contributed by atoms with Crippen LogP contribution in [0.5, 0.6) is 5.75 Å². The maximum absolute atomic E-state index is 5.31. The molecule has 0 fully saturated rings. The number of ether oxygens (including phenoxy) is 1. The highest BCUT2D eigenvalue weighted by molar-refractivity contribution is 7.99. The molecular weight excluding hydrogens is 392 g/mol. The van der Waals surface area contributed by atoms with Crippen molar-refractivity contribution >= 4 is 28.3 Å². The van der Waals surface area contributed by atoms with Gasteiger partial charge in [0.1, 0.15) is 5.75 Å². The van der Waals surface area contributed by atoms with E-state index in [-0.39, 0.29) is 0 Å². The second kappa shape index (κ2) is 7.80. The molecule has 30 heavy (non-hydrogen) atoms. The molecule has 0 aliphatic rings. The van der Waals surface area contributed by atoms with Gasteiger partial charge >= 0.3 is 0 Å². The summed E-state index contributed by atoms with van der Waals surface area (Å²) in [5.41, 5.74) is 3.91. The van der Waals surface area contributed by atoms with Crippen LogP contribution in [0.2, 0.25) is 0 Å². The van der Waals surface area contributed by atoms with Gasteiger partial charge < -0.3 is 4.74 Å². The molecule has 0 atom stereocenters. The van der Waals surface area contributed by atoms with Crippen LogP contribution in [0.3, 0.4) is 0 Å². The van der Waals surface area contributed by atoms with Crippen LogP contribution in [0, 0.1) is 0 Å². The Morgan fingerprint density at radius 2 is 1.63 bits per heavy atom. The van der Waals surface area contributed by atoms with E-state index < -0.39 is 0 Å². The monoisotopic (exact) mass is 412 g/mol. The zero-order chi connectivity index (χ0) is 20.5. The average molecular weight is 413 g/mol. The van der Waals surface area contributed by atoms with Crippen molar-refractivity contribution in [2.45, 2.75) is 12.1 Å². The van der Waals surface area contributed by atoms with Gasteiger partial charge in [0.25, 0.3) is 5.78 Å². The van der Waals surface area contributed by atoms with Gasteiger partial charge in [-0.25, -0.2) is 4.98 Å². The predicted octanol–water partition coefficient (Wildman–Crippen LogP) is 5.73. The summed E-state index contributed by atoms with van der Waals surface area (Å²) in [6.07, 6.45) is 0. The van der Waals surface area contributed by atoms with Gasteiger partial charge in [0.15, 0.2) is 0 Å². The largest absolute Gasteiger partial charge is 0.497 e. The molecule has 148 valence electrons. The third-order valence-electron chi connectivity index (χ3n) is 5.00. The van der Waals surface area contributed by atoms with Crippen LogP contribution in [0.15, 0.2) is 78.0 Å². The van der Waals surface area contributed by atoms with E-state index in [9.17, 15) is 0 Å². The number of hydrogen-bond donors (Lipinski definition) is 0. The zero-order valence-electron chi connectivity index (χ0n) is 16.7. The van der Waals surface area contributed by atoms with E-state index in [1.807, 2.05) is 28.8 Å². The van der Waals surface area contributed by atoms with Gasteiger partial charge in [0.05, 0.1) is 18.5 Å². The molecule has 0 saturated heterocycles. The fraction of sp³-hybridized carbons (Fsp3) is 0.125. The number of rotatable bonds is 5. The first-order valence-corrected chi connectivity index (χ1v) is 10.8. The maximum atomic E-state index is 5.31. The first-order valence-electron chi connectivity index (χ1n) is 9.79. The van der Waals surface area contributed by atoms with E-state index in [0.29, 0.717) is 5.78 Å². The van der Waals surface area contributed by atoms with Gasteiger partial charge in [-0.3, -0.25) is 0 Å². The lowest BCUT2D eigenvalue weighted by Crippen LogP contribution is -1.99. The molecule has 0 aliphatic carbocycles. The van der Waals surface area contributed by atoms with Crippen molar-refractivity contribution in [2.24, 2.45) is 0 Å². The Balaban J connectivity index is 1.71. The SMILES string of the molecule is CCSc1nc2nc(-c3ccc4ccccc4c3)cc(-c3ccc(OC)cc3)n2n1. The Morgan fingerprint density at radius 3 is 2.40 bits per heavy atom. The highest BCUT2D eigenvalue weighted by atomic mass is 32.2. The average Bonchev–Trinajstić information content (AvgIpc) is 3.21. The molecule has 0 N–H and O–H groups in total. The quantitative estimate of drug-likeness (QED) is 0.345. The zero-order valence-corrected chi connectivity index (χ0v) is 17.6. The predicted molar refractivity (Wildman–Crippen MR) is 122 cm³/mol. The van der Waals surface area contributed by atoms with Crippen molar-refractivity contribution < 1.29 is 4.74 Å². The third kappa shape index (κ3) is 3.39. The smallest absolute Gasteiger partial charge is 0.254 e. The fourth-order valence-electron chi connectivity index (χ4n) is 3.50. The molecule has 3 aromatic carbocycles. The van der Waals surface area contributed by atoms with E-state index in [1.165, 1.54) is 10.8 Å². The molecule has 5 nitrogen and oxygen atoms in total. The lowest BCUT2D eigenvalue weighted by molar-refractivity contribution is 0.415. The first-order chi connectivity index (χ1) is 14.7. The Labute approximate surface area is 178 Å². The summed E-state index contributed by atoms with van der Waals surface area (Å²) in [6, 6.07) is 24.8. The van der Waals surface area contributed by atoms with Crippen LogP contribution in [-0.2, 0) is 0 Å². The Kier molecular flexibility index (Phi) is 4.85. The fourth-order valence-corrected chi connectivity index (χ4v) is 4.05. The van der Waals surface area contributed by atoms with Crippen molar-refractivity contribution in [1.29, 1.82) is 0 Å². The summed E-state index contributed by atoms with van der Waals surface area (Å²) in [6.45, 7) is 2.09. The molecule has 2 aromatic heterocycles. The van der Waals surface area contributed by atoms with Crippen LogP contribution in [0.25, 0.3) is 39.1 Å². The number of benzene rings is 3. The molecule has 0 radical (unpaired) electrons. The second-order valence-corrected chi connectivity index (χ2v) is 8.09. The molecule has 5 rings (SSSR count). The van der Waals surface area contributed by atoms with E-state index in [1.54, 1.807) is 18.9 Å². The number of fused-ring (bicyclic) bond motifs is 2. The minimum Gasteiger partial charge on any atom is -0.497 e. The molecule has 0 saturated carbocycles. The van der Waals surface area contributed by atoms with E-state index >= 15 is 0 Å². The van der Waals surface area contributed by atoms with Crippen molar-refractivity contribution in [2.75, 3.05) is 12.9 Å². The molecule has 0 aliphatic heterocycles. The first kappa shape index (κ1) is 18.6. The van der Waals surface area contributed by atoms with Gasteiger partial charge in [-0.05, 0) is 52.9 Å². The molecule has 5 aromatic rings. The number of thioether (sulfide) groups is 1. The highest BCUT2D eigenvalue weighted by Gasteiger charge is 2.14. The van der Waals surface area contributed by atoms with Crippen molar-refractivity contribution in [1.82, 2.24) is 19.6 Å². The van der Waals surface area contributed by atoms with Gasteiger partial charge in [-0.15, -0.1) is 5.10 Å². The molecule has 0 amide bonds. The summed E-state index contributed by atoms with van der Waals surface area (Å²) in [4.78, 5) is 9.48. The summed E-state index contributed by atoms with van der Waals surface area (Å²) < 4.78 is 7.14. The van der Waals surface area contributed by atoms with Crippen LogP contribution in [-0.4, -0.2) is 32.4 Å². The van der Waals surface area contributed by atoms with Gasteiger partial charge in [0.2, 0.25) is 5.16 Å². The van der Waals surface area contributed by atoms with Gasteiger partial charge in [0, 0.05) is 11.1 Å². The van der Waals surface area contributed by atoms with Crippen molar-refractivity contribution in [3.8, 4) is 28.3 Å². The third-order valence-corrected chi connectivity index (χ3v) is 5.72. The topological polar surface area (TPSA) is 52.3 Å². The Hall–Kier alpha value is -3.38. The standard InChI is InChI=1S/C24H20N4OS/c1-3-30-24-26-23-25-21(19-9-8-16-6-4-5-7-18(16)14-19)15-22(28(23)27-24)17-10-12-20(29-2)13-11-17/h4-15H,3H2,1-2H3. The van der Waals surface area contributed by atoms with Gasteiger partial charge in [-0.2, -0.15) is 9.50 Å². The number of hydrogen-bond acceptors (Lipinski definition) is 5. The summed E-state index contributed by atoms with van der Waals surface area (Å²) in [7, 11) is 1.67. The molecule has 6 heteroatoms. The molecule has 2 heterocycles. The van der Waals surface area contributed by atoms with E-state index in [4.69, 9.17) is 9.72 Å². The Morgan fingerprint density at radius 1 is 0.867 bits per heavy atom. The second-order valence-electron chi connectivity index (χ2n) is 6.86. The molecule has 0 spiro atoms. The summed E-state index contributed by atoms with van der Waals surface area (Å²) in [5.74, 6) is 2.33. The van der Waals surface area contributed by atoms with E-state index in [2.05, 4.69) is 65.5 Å². The van der Waals surface area contributed by atoms with Crippen LogP contribution >= 0.6 is 11.8 Å². The van der Waals surface area contributed by atoms with Crippen LogP contribution in [0.4, 0.5) is 0 Å². The lowest BCUT2D eigenvalue weighted by atomic mass is 10.0. The normalized spacial score (nSPS) is 11.3. The molecule has 0 bridgehead atoms. The summed E-state index contributed by atoms with van der Waals surface area (Å²) in [5, 5.41) is 7.81. The molecular formula is C24H20N4OS. The lowest BCUT2D eigenvalue weighted by Gasteiger charge is -2.09. The van der Waals surface area contributed by atoms with Crippen LogP contribution < -0.4 is 4.74 Å². The van der Waals surface area contributed by atoms with Crippen LogP contribution in [0.1, 0.15) is 6.92 Å². The number of methoxy groups -OCH3 is 1. The minimum atomic E-state index is 0.599. The van der Waals surface area contributed by atoms with Gasteiger partial charge in [-0.1, -0.05) is 55.1 Å². The van der Waals surface area contributed by atoms with Crippen molar-refractivity contribution in [3.05, 3.63) is 72.8 Å². The molecule has 0 unspecified atom stereocenters.